The molecule has 15 heavy (non-hydrogen) atoms. The molecule has 0 aliphatic carbocycles. The van der Waals surface area contributed by atoms with E-state index in [0.29, 0.717) is 13.1 Å². The highest BCUT2D eigenvalue weighted by Gasteiger charge is 2.19. The van der Waals surface area contributed by atoms with Gasteiger partial charge in [-0.2, -0.15) is 0 Å². The second-order valence-corrected chi connectivity index (χ2v) is 2.97. The van der Waals surface area contributed by atoms with E-state index in [1.807, 2.05) is 0 Å². The van der Waals surface area contributed by atoms with Crippen molar-refractivity contribution in [2.24, 2.45) is 0 Å². The molecule has 2 amide bonds. The minimum Gasteiger partial charge on any atom is -0.466 e. The van der Waals surface area contributed by atoms with Gasteiger partial charge in [-0.05, 0) is 0 Å². The zero-order valence-corrected chi connectivity index (χ0v) is 8.36. The number of carbonyl (C=O) groups excluding carboxylic acids is 3. The fraction of sp³-hybridized carbons (Fsp3) is 0.444. The monoisotopic (exact) mass is 212 g/mol. The second kappa shape index (κ2) is 5.14. The van der Waals surface area contributed by atoms with Crippen LogP contribution in [0.5, 0.6) is 0 Å². The molecular weight excluding hydrogens is 200 g/mol. The Hall–Kier alpha value is -1.85. The van der Waals surface area contributed by atoms with Crippen molar-refractivity contribution in [3.8, 4) is 0 Å². The maximum atomic E-state index is 11.4. The number of nitrogens with zero attached hydrogens (tertiary/aromatic N) is 1. The Bertz CT molecular complexity index is 311. The van der Waals surface area contributed by atoms with E-state index in [0.717, 1.165) is 12.2 Å². The molecule has 0 unspecified atom stereocenters. The fourth-order valence-electron chi connectivity index (χ4n) is 1.14. The third-order valence-corrected chi connectivity index (χ3v) is 1.91. The van der Waals surface area contributed by atoms with Gasteiger partial charge in [0.05, 0.1) is 13.7 Å². The fourth-order valence-corrected chi connectivity index (χ4v) is 1.14. The van der Waals surface area contributed by atoms with E-state index >= 15 is 0 Å². The number of piperazine rings is 1. The highest BCUT2D eigenvalue weighted by molar-refractivity contribution is 5.96. The molecule has 0 spiro atoms. The summed E-state index contributed by atoms with van der Waals surface area (Å²) in [6, 6.07) is 0. The molecule has 1 aliphatic rings. The molecule has 0 aromatic rings. The molecule has 6 nitrogen and oxygen atoms in total. The van der Waals surface area contributed by atoms with Gasteiger partial charge >= 0.3 is 5.97 Å². The summed E-state index contributed by atoms with van der Waals surface area (Å²) < 4.78 is 4.33. The van der Waals surface area contributed by atoms with Gasteiger partial charge in [0.25, 0.3) is 0 Å². The van der Waals surface area contributed by atoms with Gasteiger partial charge in [0.1, 0.15) is 0 Å². The highest BCUT2D eigenvalue weighted by Crippen LogP contribution is 1.95. The van der Waals surface area contributed by atoms with Crippen LogP contribution in [-0.4, -0.2) is 49.4 Å². The zero-order valence-electron chi connectivity index (χ0n) is 8.36. The Kier molecular flexibility index (Phi) is 3.84. The maximum Gasteiger partial charge on any atom is 0.330 e. The summed E-state index contributed by atoms with van der Waals surface area (Å²) >= 11 is 0. The van der Waals surface area contributed by atoms with Crippen LogP contribution in [0.3, 0.4) is 0 Å². The lowest BCUT2D eigenvalue weighted by Crippen LogP contribution is -2.49. The number of esters is 1. The number of amides is 2. The lowest BCUT2D eigenvalue weighted by molar-refractivity contribution is -0.136. The van der Waals surface area contributed by atoms with Crippen molar-refractivity contribution in [3.63, 3.8) is 0 Å². The van der Waals surface area contributed by atoms with Crippen molar-refractivity contribution in [1.29, 1.82) is 0 Å². The number of carbonyl (C=O) groups is 3. The average molecular weight is 212 g/mol. The summed E-state index contributed by atoms with van der Waals surface area (Å²) in [6.07, 6.45) is 2.14. The van der Waals surface area contributed by atoms with Gasteiger partial charge in [0, 0.05) is 25.2 Å². The van der Waals surface area contributed by atoms with Gasteiger partial charge < -0.3 is 15.0 Å². The molecule has 0 aromatic heterocycles. The van der Waals surface area contributed by atoms with Crippen molar-refractivity contribution < 1.29 is 19.1 Å². The van der Waals surface area contributed by atoms with Crippen LogP contribution in [0.15, 0.2) is 12.2 Å². The van der Waals surface area contributed by atoms with Crippen molar-refractivity contribution in [3.05, 3.63) is 12.2 Å². The first-order chi connectivity index (χ1) is 7.13. The largest absolute Gasteiger partial charge is 0.466 e. The lowest BCUT2D eigenvalue weighted by Gasteiger charge is -2.25. The zero-order chi connectivity index (χ0) is 11.3. The second-order valence-electron chi connectivity index (χ2n) is 2.97. The SMILES string of the molecule is COC(=O)/C=C/C(=O)N1CCNC(=O)C1. The van der Waals surface area contributed by atoms with Gasteiger partial charge in [-0.1, -0.05) is 0 Å². The molecule has 1 heterocycles. The van der Waals surface area contributed by atoms with Crippen LogP contribution in [0, 0.1) is 0 Å². The molecule has 1 rings (SSSR count). The standard InChI is InChI=1S/C9H12N2O4/c1-15-9(14)3-2-8(13)11-5-4-10-7(12)6-11/h2-3H,4-6H2,1H3,(H,10,12)/b3-2+. The number of ether oxygens (including phenoxy) is 1. The summed E-state index contributed by atoms with van der Waals surface area (Å²) in [5, 5.41) is 2.59. The number of methoxy groups -OCH3 is 1. The first kappa shape index (κ1) is 11.2. The van der Waals surface area contributed by atoms with E-state index in [-0.39, 0.29) is 18.4 Å². The lowest BCUT2D eigenvalue weighted by atomic mass is 10.3. The first-order valence-corrected chi connectivity index (χ1v) is 4.45. The Morgan fingerprint density at radius 1 is 1.47 bits per heavy atom. The minimum absolute atomic E-state index is 0.0321. The molecule has 0 atom stereocenters. The Morgan fingerprint density at radius 3 is 2.80 bits per heavy atom. The van der Waals surface area contributed by atoms with Gasteiger partial charge in [-0.15, -0.1) is 0 Å². The quantitative estimate of drug-likeness (QED) is 0.454. The molecule has 0 saturated carbocycles. The number of hydrogen-bond donors (Lipinski definition) is 1. The predicted molar refractivity (Wildman–Crippen MR) is 50.7 cm³/mol. The van der Waals surface area contributed by atoms with E-state index in [9.17, 15) is 14.4 Å². The summed E-state index contributed by atoms with van der Waals surface area (Å²) in [7, 11) is 1.23. The molecule has 0 bridgehead atoms. The van der Waals surface area contributed by atoms with Crippen LogP contribution >= 0.6 is 0 Å². The number of rotatable bonds is 2. The van der Waals surface area contributed by atoms with Crippen LogP contribution in [-0.2, 0) is 19.1 Å². The van der Waals surface area contributed by atoms with Crippen LogP contribution in [0.4, 0.5) is 0 Å². The normalized spacial score (nSPS) is 16.3. The first-order valence-electron chi connectivity index (χ1n) is 4.45. The smallest absolute Gasteiger partial charge is 0.330 e. The topological polar surface area (TPSA) is 75.7 Å². The van der Waals surface area contributed by atoms with E-state index in [1.54, 1.807) is 0 Å². The van der Waals surface area contributed by atoms with E-state index in [1.165, 1.54) is 12.0 Å². The molecular formula is C9H12N2O4. The number of nitrogens with one attached hydrogen (secondary N) is 1. The van der Waals surface area contributed by atoms with E-state index < -0.39 is 5.97 Å². The van der Waals surface area contributed by atoms with Gasteiger partial charge in [-0.25, -0.2) is 4.79 Å². The van der Waals surface area contributed by atoms with E-state index in [2.05, 4.69) is 10.1 Å². The highest BCUT2D eigenvalue weighted by atomic mass is 16.5. The Labute approximate surface area is 86.9 Å². The molecule has 1 aliphatic heterocycles. The third kappa shape index (κ3) is 3.41. The summed E-state index contributed by atoms with van der Waals surface area (Å²) in [5.74, 6) is -1.15. The van der Waals surface area contributed by atoms with Crippen LogP contribution in [0.1, 0.15) is 0 Å². The summed E-state index contributed by atoms with van der Waals surface area (Å²) in [6.45, 7) is 0.928. The molecule has 6 heteroatoms. The molecule has 0 radical (unpaired) electrons. The maximum absolute atomic E-state index is 11.4. The molecule has 1 saturated heterocycles. The Morgan fingerprint density at radius 2 is 2.20 bits per heavy atom. The van der Waals surface area contributed by atoms with Crippen molar-refractivity contribution in [2.45, 2.75) is 0 Å². The molecule has 1 fully saturated rings. The van der Waals surface area contributed by atoms with Crippen LogP contribution in [0.25, 0.3) is 0 Å². The number of hydrogen-bond acceptors (Lipinski definition) is 4. The summed E-state index contributed by atoms with van der Waals surface area (Å²) in [5.41, 5.74) is 0. The van der Waals surface area contributed by atoms with E-state index in [4.69, 9.17) is 0 Å². The van der Waals surface area contributed by atoms with Gasteiger partial charge in [0.15, 0.2) is 0 Å². The average Bonchev–Trinajstić information content (AvgIpc) is 2.25. The van der Waals surface area contributed by atoms with Crippen molar-refractivity contribution in [2.75, 3.05) is 26.7 Å². The summed E-state index contributed by atoms with van der Waals surface area (Å²) in [4.78, 5) is 34.4. The molecule has 82 valence electrons. The third-order valence-electron chi connectivity index (χ3n) is 1.91. The van der Waals surface area contributed by atoms with Gasteiger partial charge in [0.2, 0.25) is 11.8 Å². The van der Waals surface area contributed by atoms with Crippen LogP contribution < -0.4 is 5.32 Å². The minimum atomic E-state index is -0.593. The molecule has 1 N–H and O–H groups in total. The van der Waals surface area contributed by atoms with Crippen molar-refractivity contribution >= 4 is 17.8 Å². The predicted octanol–water partition coefficient (Wildman–Crippen LogP) is -1.33. The van der Waals surface area contributed by atoms with Crippen molar-refractivity contribution in [1.82, 2.24) is 10.2 Å². The van der Waals surface area contributed by atoms with Gasteiger partial charge in [-0.3, -0.25) is 9.59 Å². The van der Waals surface area contributed by atoms with Crippen LogP contribution in [0.2, 0.25) is 0 Å². The molecule has 0 aromatic carbocycles. The Balaban J connectivity index is 2.49.